The molecule has 0 atom stereocenters. The zero-order chi connectivity index (χ0) is 20.9. The summed E-state index contributed by atoms with van der Waals surface area (Å²) in [5.41, 5.74) is 4.15. The van der Waals surface area contributed by atoms with Gasteiger partial charge in [0.2, 0.25) is 5.91 Å². The predicted molar refractivity (Wildman–Crippen MR) is 116 cm³/mol. The van der Waals surface area contributed by atoms with Gasteiger partial charge in [-0.2, -0.15) is 5.10 Å². The van der Waals surface area contributed by atoms with Crippen LogP contribution in [0.3, 0.4) is 0 Å². The highest BCUT2D eigenvalue weighted by atomic mass is 35.5. The van der Waals surface area contributed by atoms with E-state index in [9.17, 15) is 9.18 Å². The lowest BCUT2D eigenvalue weighted by molar-refractivity contribution is -0.122. The molecular weight excluding hydrogens is 403 g/mol. The molecule has 0 unspecified atom stereocenters. The molecule has 1 aliphatic rings. The van der Waals surface area contributed by atoms with Gasteiger partial charge in [0.25, 0.3) is 0 Å². The Morgan fingerprint density at radius 3 is 2.77 bits per heavy atom. The Labute approximate surface area is 179 Å². The Morgan fingerprint density at radius 2 is 2.03 bits per heavy atom. The molecular formula is C23H22ClFN4O. The Kier molecular flexibility index (Phi) is 6.26. The monoisotopic (exact) mass is 424 g/mol. The van der Waals surface area contributed by atoms with Crippen molar-refractivity contribution in [3.8, 4) is 5.69 Å². The van der Waals surface area contributed by atoms with Crippen LogP contribution in [0.1, 0.15) is 17.5 Å². The first-order valence-electron chi connectivity index (χ1n) is 9.81. The van der Waals surface area contributed by atoms with Gasteiger partial charge in [-0.25, -0.2) is 9.07 Å². The van der Waals surface area contributed by atoms with Crippen molar-refractivity contribution in [1.82, 2.24) is 20.0 Å². The van der Waals surface area contributed by atoms with E-state index in [1.165, 1.54) is 17.7 Å². The highest BCUT2D eigenvalue weighted by Crippen LogP contribution is 2.23. The number of nitrogens with zero attached hydrogens (tertiary/aromatic N) is 3. The van der Waals surface area contributed by atoms with Gasteiger partial charge in [0, 0.05) is 31.4 Å². The number of halogens is 2. The number of rotatable bonds is 6. The minimum atomic E-state index is -0.461. The summed E-state index contributed by atoms with van der Waals surface area (Å²) >= 11 is 5.78. The molecule has 1 aliphatic heterocycles. The third-order valence-electron chi connectivity index (χ3n) is 5.11. The van der Waals surface area contributed by atoms with Gasteiger partial charge < -0.3 is 5.32 Å². The van der Waals surface area contributed by atoms with Gasteiger partial charge in [-0.05, 0) is 41.8 Å². The Balaban J connectivity index is 1.29. The lowest BCUT2D eigenvalue weighted by Crippen LogP contribution is -2.39. The number of nitrogens with one attached hydrogen (secondary N) is 1. The molecule has 0 spiro atoms. The normalized spacial score (nSPS) is 14.4. The number of benzene rings is 2. The number of aromatic nitrogens is 2. The molecule has 1 aromatic heterocycles. The minimum absolute atomic E-state index is 0.0611. The summed E-state index contributed by atoms with van der Waals surface area (Å²) in [5, 5.41) is 7.38. The SMILES string of the molecule is O=C(CN1CC=C(c2cnn(-c3ccccc3)c2)CC1)NCc1ccc(F)c(Cl)c1. The standard InChI is InChI=1S/C23H22ClFN4O/c24-21-12-17(6-7-22(21)25)13-26-23(30)16-28-10-8-18(9-11-28)19-14-27-29(15-19)20-4-2-1-3-5-20/h1-8,12,14-15H,9-11,13,16H2,(H,26,30). The maximum absolute atomic E-state index is 13.2. The summed E-state index contributed by atoms with van der Waals surface area (Å²) < 4.78 is 15.1. The summed E-state index contributed by atoms with van der Waals surface area (Å²) in [7, 11) is 0. The molecule has 0 saturated heterocycles. The third kappa shape index (κ3) is 4.96. The predicted octanol–water partition coefficient (Wildman–Crippen LogP) is 4.07. The number of carbonyl (C=O) groups is 1. The maximum Gasteiger partial charge on any atom is 0.234 e. The Hall–Kier alpha value is -2.96. The lowest BCUT2D eigenvalue weighted by atomic mass is 10.0. The lowest BCUT2D eigenvalue weighted by Gasteiger charge is -2.25. The van der Waals surface area contributed by atoms with Gasteiger partial charge in [0.05, 0.1) is 23.5 Å². The van der Waals surface area contributed by atoms with Crippen LogP contribution in [0.5, 0.6) is 0 Å². The van der Waals surface area contributed by atoms with Crippen molar-refractivity contribution >= 4 is 23.1 Å². The number of para-hydroxylation sites is 1. The summed E-state index contributed by atoms with van der Waals surface area (Å²) in [6.45, 7) is 2.16. The van der Waals surface area contributed by atoms with Crippen molar-refractivity contribution in [2.24, 2.45) is 0 Å². The second-order valence-electron chi connectivity index (χ2n) is 7.25. The van der Waals surface area contributed by atoms with Gasteiger partial charge in [-0.15, -0.1) is 0 Å². The molecule has 4 rings (SSSR count). The van der Waals surface area contributed by atoms with E-state index in [1.54, 1.807) is 6.07 Å². The smallest absolute Gasteiger partial charge is 0.234 e. The van der Waals surface area contributed by atoms with E-state index in [4.69, 9.17) is 11.6 Å². The molecule has 0 bridgehead atoms. The van der Waals surface area contributed by atoms with Gasteiger partial charge in [0.1, 0.15) is 5.82 Å². The van der Waals surface area contributed by atoms with E-state index in [0.717, 1.165) is 29.8 Å². The van der Waals surface area contributed by atoms with E-state index in [2.05, 4.69) is 21.4 Å². The second-order valence-corrected chi connectivity index (χ2v) is 7.66. The molecule has 3 aromatic rings. The number of carbonyl (C=O) groups excluding carboxylic acids is 1. The number of hydrogen-bond acceptors (Lipinski definition) is 3. The van der Waals surface area contributed by atoms with Crippen molar-refractivity contribution in [3.63, 3.8) is 0 Å². The Morgan fingerprint density at radius 1 is 1.20 bits per heavy atom. The zero-order valence-electron chi connectivity index (χ0n) is 16.4. The number of hydrogen-bond donors (Lipinski definition) is 1. The average Bonchev–Trinajstić information content (AvgIpc) is 3.26. The van der Waals surface area contributed by atoms with Crippen molar-refractivity contribution in [1.29, 1.82) is 0 Å². The molecule has 1 N–H and O–H groups in total. The van der Waals surface area contributed by atoms with Crippen molar-refractivity contribution in [2.45, 2.75) is 13.0 Å². The molecule has 5 nitrogen and oxygen atoms in total. The van der Waals surface area contributed by atoms with Crippen LogP contribution >= 0.6 is 11.6 Å². The topological polar surface area (TPSA) is 50.2 Å². The first-order valence-corrected chi connectivity index (χ1v) is 10.2. The van der Waals surface area contributed by atoms with Crippen LogP contribution in [0.25, 0.3) is 11.3 Å². The average molecular weight is 425 g/mol. The number of amides is 1. The summed E-state index contributed by atoms with van der Waals surface area (Å²) in [6.07, 6.45) is 6.94. The van der Waals surface area contributed by atoms with Gasteiger partial charge in [-0.3, -0.25) is 9.69 Å². The van der Waals surface area contributed by atoms with Crippen LogP contribution in [-0.2, 0) is 11.3 Å². The van der Waals surface area contributed by atoms with Crippen LogP contribution in [0.15, 0.2) is 67.0 Å². The van der Waals surface area contributed by atoms with E-state index in [1.807, 2.05) is 47.4 Å². The fraction of sp³-hybridized carbons (Fsp3) is 0.217. The molecule has 0 saturated carbocycles. The highest BCUT2D eigenvalue weighted by Gasteiger charge is 2.17. The van der Waals surface area contributed by atoms with E-state index >= 15 is 0 Å². The summed E-state index contributed by atoms with van der Waals surface area (Å²) in [5.74, 6) is -0.527. The van der Waals surface area contributed by atoms with Gasteiger partial charge in [0.15, 0.2) is 0 Å². The molecule has 0 fully saturated rings. The molecule has 2 heterocycles. The van der Waals surface area contributed by atoms with Crippen LogP contribution in [0.4, 0.5) is 4.39 Å². The molecule has 0 radical (unpaired) electrons. The first kappa shape index (κ1) is 20.3. The largest absolute Gasteiger partial charge is 0.351 e. The third-order valence-corrected chi connectivity index (χ3v) is 5.40. The second kappa shape index (κ2) is 9.24. The van der Waals surface area contributed by atoms with Crippen LogP contribution < -0.4 is 5.32 Å². The van der Waals surface area contributed by atoms with E-state index in [-0.39, 0.29) is 10.9 Å². The van der Waals surface area contributed by atoms with E-state index in [0.29, 0.717) is 19.6 Å². The molecule has 154 valence electrons. The molecule has 7 heteroatoms. The highest BCUT2D eigenvalue weighted by molar-refractivity contribution is 6.30. The van der Waals surface area contributed by atoms with Crippen LogP contribution in [0.2, 0.25) is 5.02 Å². The minimum Gasteiger partial charge on any atom is -0.351 e. The fourth-order valence-corrected chi connectivity index (χ4v) is 3.64. The molecule has 0 aliphatic carbocycles. The maximum atomic E-state index is 13.2. The quantitative estimate of drug-likeness (QED) is 0.649. The van der Waals surface area contributed by atoms with Crippen molar-refractivity contribution in [2.75, 3.05) is 19.6 Å². The molecule has 1 amide bonds. The van der Waals surface area contributed by atoms with E-state index < -0.39 is 5.82 Å². The fourth-order valence-electron chi connectivity index (χ4n) is 3.44. The summed E-state index contributed by atoms with van der Waals surface area (Å²) in [4.78, 5) is 14.3. The van der Waals surface area contributed by atoms with Crippen molar-refractivity contribution < 1.29 is 9.18 Å². The van der Waals surface area contributed by atoms with Crippen LogP contribution in [0, 0.1) is 5.82 Å². The van der Waals surface area contributed by atoms with Crippen molar-refractivity contribution in [3.05, 3.63) is 89.0 Å². The zero-order valence-corrected chi connectivity index (χ0v) is 17.1. The van der Waals surface area contributed by atoms with Gasteiger partial charge in [-0.1, -0.05) is 41.9 Å². The first-order chi connectivity index (χ1) is 14.6. The molecule has 30 heavy (non-hydrogen) atoms. The summed E-state index contributed by atoms with van der Waals surface area (Å²) in [6, 6.07) is 14.5. The molecule has 2 aromatic carbocycles. The van der Waals surface area contributed by atoms with Gasteiger partial charge >= 0.3 is 0 Å². The Bertz CT molecular complexity index is 1060. The van der Waals surface area contributed by atoms with Crippen LogP contribution in [-0.4, -0.2) is 40.2 Å².